The first kappa shape index (κ1) is 13.4. The molecule has 0 saturated heterocycles. The van der Waals surface area contributed by atoms with Crippen molar-refractivity contribution in [2.75, 3.05) is 0 Å². The highest BCUT2D eigenvalue weighted by Crippen LogP contribution is 2.33. The van der Waals surface area contributed by atoms with E-state index in [0.29, 0.717) is 5.02 Å². The molecular weight excluding hydrogens is 338 g/mol. The van der Waals surface area contributed by atoms with Gasteiger partial charge in [0, 0.05) is 11.6 Å². The van der Waals surface area contributed by atoms with Crippen LogP contribution in [-0.4, -0.2) is 4.98 Å². The van der Waals surface area contributed by atoms with Crippen molar-refractivity contribution in [3.63, 3.8) is 0 Å². The number of ether oxygens (including phenoxy) is 1. The number of aromatic nitrogens is 1. The molecule has 100 valence electrons. The molecule has 3 aromatic rings. The number of aryl methyl sites for hydroxylation is 1. The third-order valence-electron chi connectivity index (χ3n) is 2.99. The molecule has 0 spiro atoms. The van der Waals surface area contributed by atoms with Gasteiger partial charge < -0.3 is 4.74 Å². The highest BCUT2D eigenvalue weighted by molar-refractivity contribution is 9.10. The minimum absolute atomic E-state index is 0.643. The summed E-state index contributed by atoms with van der Waals surface area (Å²) < 4.78 is 6.61. The zero-order valence-corrected chi connectivity index (χ0v) is 13.1. The molecule has 0 radical (unpaired) electrons. The molecule has 3 rings (SSSR count). The molecule has 0 bridgehead atoms. The number of nitrogens with zero attached hydrogens (tertiary/aromatic N) is 1. The van der Waals surface area contributed by atoms with Gasteiger partial charge in [0.1, 0.15) is 11.5 Å². The molecule has 0 fully saturated rings. The topological polar surface area (TPSA) is 22.1 Å². The second-order valence-corrected chi connectivity index (χ2v) is 5.75. The molecule has 0 aliphatic carbocycles. The Morgan fingerprint density at radius 2 is 1.75 bits per heavy atom. The largest absolute Gasteiger partial charge is 0.457 e. The summed E-state index contributed by atoms with van der Waals surface area (Å²) in [6.45, 7) is 2.04. The van der Waals surface area contributed by atoms with Gasteiger partial charge >= 0.3 is 0 Å². The van der Waals surface area contributed by atoms with Crippen LogP contribution in [0.2, 0.25) is 5.02 Å². The van der Waals surface area contributed by atoms with Gasteiger partial charge in [0.15, 0.2) is 0 Å². The molecule has 0 atom stereocenters. The van der Waals surface area contributed by atoms with Gasteiger partial charge in [0.05, 0.1) is 15.0 Å². The molecule has 1 heterocycles. The van der Waals surface area contributed by atoms with Crippen molar-refractivity contribution in [2.45, 2.75) is 6.92 Å². The molecule has 2 aromatic carbocycles. The van der Waals surface area contributed by atoms with Crippen LogP contribution in [0.1, 0.15) is 5.56 Å². The minimum atomic E-state index is 0.643. The van der Waals surface area contributed by atoms with Crippen LogP contribution < -0.4 is 4.74 Å². The second-order valence-electron chi connectivity index (χ2n) is 4.51. The van der Waals surface area contributed by atoms with E-state index in [9.17, 15) is 0 Å². The van der Waals surface area contributed by atoms with Crippen LogP contribution in [0.4, 0.5) is 0 Å². The monoisotopic (exact) mass is 347 g/mol. The van der Waals surface area contributed by atoms with E-state index in [2.05, 4.69) is 20.9 Å². The van der Waals surface area contributed by atoms with Crippen molar-refractivity contribution < 1.29 is 4.74 Å². The van der Waals surface area contributed by atoms with Gasteiger partial charge in [0.25, 0.3) is 0 Å². The molecule has 0 aliphatic rings. The highest BCUT2D eigenvalue weighted by atomic mass is 79.9. The predicted octanol–water partition coefficient (Wildman–Crippen LogP) is 5.75. The van der Waals surface area contributed by atoms with Crippen molar-refractivity contribution in [3.05, 3.63) is 63.7 Å². The first-order valence-corrected chi connectivity index (χ1v) is 7.29. The lowest BCUT2D eigenvalue weighted by atomic mass is 10.2. The van der Waals surface area contributed by atoms with Crippen LogP contribution in [0.15, 0.2) is 53.1 Å². The van der Waals surface area contributed by atoms with Gasteiger partial charge in [-0.1, -0.05) is 29.3 Å². The van der Waals surface area contributed by atoms with Crippen molar-refractivity contribution in [3.8, 4) is 11.5 Å². The Morgan fingerprint density at radius 3 is 2.50 bits per heavy atom. The van der Waals surface area contributed by atoms with Crippen molar-refractivity contribution in [1.29, 1.82) is 0 Å². The zero-order chi connectivity index (χ0) is 14.1. The SMILES string of the molecule is Cc1ccc(Oc2ccc3ncc(Br)c(Cl)c3c2)cc1. The normalized spacial score (nSPS) is 10.8. The first-order chi connectivity index (χ1) is 9.63. The Balaban J connectivity index is 2.00. The van der Waals surface area contributed by atoms with Gasteiger partial charge in [0.2, 0.25) is 0 Å². The quantitative estimate of drug-likeness (QED) is 0.588. The molecule has 20 heavy (non-hydrogen) atoms. The summed E-state index contributed by atoms with van der Waals surface area (Å²) in [6, 6.07) is 13.6. The van der Waals surface area contributed by atoms with Gasteiger partial charge in [-0.05, 0) is 53.2 Å². The maximum Gasteiger partial charge on any atom is 0.128 e. The van der Waals surface area contributed by atoms with Crippen LogP contribution in [0.25, 0.3) is 10.9 Å². The third-order valence-corrected chi connectivity index (χ3v) is 4.22. The van der Waals surface area contributed by atoms with Crippen LogP contribution in [0.3, 0.4) is 0 Å². The summed E-state index contributed by atoms with van der Waals surface area (Å²) in [5, 5.41) is 1.51. The molecule has 0 unspecified atom stereocenters. The van der Waals surface area contributed by atoms with E-state index in [0.717, 1.165) is 26.9 Å². The second kappa shape index (κ2) is 5.43. The Morgan fingerprint density at radius 1 is 1.05 bits per heavy atom. The van der Waals surface area contributed by atoms with Gasteiger partial charge in [-0.25, -0.2) is 0 Å². The van der Waals surface area contributed by atoms with E-state index in [-0.39, 0.29) is 0 Å². The van der Waals surface area contributed by atoms with Gasteiger partial charge in [-0.15, -0.1) is 0 Å². The fourth-order valence-electron chi connectivity index (χ4n) is 1.92. The van der Waals surface area contributed by atoms with E-state index in [1.165, 1.54) is 5.56 Å². The fraction of sp³-hybridized carbons (Fsp3) is 0.0625. The lowest BCUT2D eigenvalue weighted by Gasteiger charge is -2.08. The van der Waals surface area contributed by atoms with Crippen molar-refractivity contribution in [1.82, 2.24) is 4.98 Å². The lowest BCUT2D eigenvalue weighted by Crippen LogP contribution is -1.86. The van der Waals surface area contributed by atoms with E-state index in [1.54, 1.807) is 6.20 Å². The van der Waals surface area contributed by atoms with E-state index in [4.69, 9.17) is 16.3 Å². The smallest absolute Gasteiger partial charge is 0.128 e. The first-order valence-electron chi connectivity index (χ1n) is 6.12. The van der Waals surface area contributed by atoms with Gasteiger partial charge in [-0.3, -0.25) is 4.98 Å². The van der Waals surface area contributed by atoms with E-state index in [1.807, 2.05) is 49.4 Å². The summed E-state index contributed by atoms with van der Waals surface area (Å²) in [6.07, 6.45) is 1.70. The molecule has 0 saturated carbocycles. The fourth-order valence-corrected chi connectivity index (χ4v) is 2.44. The number of fused-ring (bicyclic) bond motifs is 1. The Hall–Kier alpha value is -1.58. The standard InChI is InChI=1S/C16H11BrClNO/c1-10-2-4-11(5-3-10)20-12-6-7-15-13(8-12)16(18)14(17)9-19-15/h2-9H,1H3. The average Bonchev–Trinajstić information content (AvgIpc) is 2.46. The summed E-state index contributed by atoms with van der Waals surface area (Å²) in [7, 11) is 0. The number of pyridine rings is 1. The Bertz CT molecular complexity index is 771. The summed E-state index contributed by atoms with van der Waals surface area (Å²) >= 11 is 9.66. The summed E-state index contributed by atoms with van der Waals surface area (Å²) in [5.41, 5.74) is 2.04. The third kappa shape index (κ3) is 2.65. The van der Waals surface area contributed by atoms with Crippen molar-refractivity contribution >= 4 is 38.4 Å². The van der Waals surface area contributed by atoms with Crippen LogP contribution >= 0.6 is 27.5 Å². The predicted molar refractivity (Wildman–Crippen MR) is 85.7 cm³/mol. The van der Waals surface area contributed by atoms with Crippen LogP contribution in [0.5, 0.6) is 11.5 Å². The minimum Gasteiger partial charge on any atom is -0.457 e. The zero-order valence-electron chi connectivity index (χ0n) is 10.7. The maximum atomic E-state index is 6.28. The Kier molecular flexibility index (Phi) is 3.64. The molecule has 0 N–H and O–H groups in total. The van der Waals surface area contributed by atoms with E-state index < -0.39 is 0 Å². The number of hydrogen-bond acceptors (Lipinski definition) is 2. The number of rotatable bonds is 2. The summed E-state index contributed by atoms with van der Waals surface area (Å²) in [4.78, 5) is 4.31. The number of halogens is 2. The Labute approximate surface area is 130 Å². The lowest BCUT2D eigenvalue weighted by molar-refractivity contribution is 0.483. The van der Waals surface area contributed by atoms with Gasteiger partial charge in [-0.2, -0.15) is 0 Å². The van der Waals surface area contributed by atoms with E-state index >= 15 is 0 Å². The molecule has 0 aliphatic heterocycles. The molecule has 2 nitrogen and oxygen atoms in total. The highest BCUT2D eigenvalue weighted by Gasteiger charge is 2.06. The van der Waals surface area contributed by atoms with Crippen LogP contribution in [-0.2, 0) is 0 Å². The molecular formula is C16H11BrClNO. The summed E-state index contributed by atoms with van der Waals surface area (Å²) in [5.74, 6) is 1.54. The molecule has 0 amide bonds. The number of hydrogen-bond donors (Lipinski definition) is 0. The molecule has 1 aromatic heterocycles. The number of benzene rings is 2. The van der Waals surface area contributed by atoms with Crippen LogP contribution in [0, 0.1) is 6.92 Å². The molecule has 4 heteroatoms. The maximum absolute atomic E-state index is 6.28. The van der Waals surface area contributed by atoms with Crippen molar-refractivity contribution in [2.24, 2.45) is 0 Å². The average molecular weight is 349 g/mol.